The van der Waals surface area contributed by atoms with Crippen molar-refractivity contribution in [2.24, 2.45) is 0 Å². The molecule has 0 aliphatic carbocycles. The average molecular weight is 196 g/mol. The van der Waals surface area contributed by atoms with Gasteiger partial charge < -0.3 is 15.0 Å². The van der Waals surface area contributed by atoms with Crippen LogP contribution in [0.15, 0.2) is 12.3 Å². The highest BCUT2D eigenvalue weighted by molar-refractivity contribution is 5.94. The zero-order valence-electron chi connectivity index (χ0n) is 8.78. The van der Waals surface area contributed by atoms with Gasteiger partial charge in [-0.1, -0.05) is 0 Å². The van der Waals surface area contributed by atoms with E-state index in [0.29, 0.717) is 11.4 Å². The maximum absolute atomic E-state index is 11.5. The first-order valence-corrected chi connectivity index (χ1v) is 4.71. The SMILES string of the molecule is CCn1ccc(C(=O)OC(C)C)c1N. The molecule has 0 aliphatic heterocycles. The fourth-order valence-corrected chi connectivity index (χ4v) is 1.21. The van der Waals surface area contributed by atoms with Crippen molar-refractivity contribution in [2.45, 2.75) is 33.4 Å². The topological polar surface area (TPSA) is 57.2 Å². The number of rotatable bonds is 3. The highest BCUT2D eigenvalue weighted by Gasteiger charge is 2.15. The minimum Gasteiger partial charge on any atom is -0.459 e. The Morgan fingerprint density at radius 2 is 2.29 bits per heavy atom. The van der Waals surface area contributed by atoms with Gasteiger partial charge in [0, 0.05) is 12.7 Å². The van der Waals surface area contributed by atoms with Crippen LogP contribution in [0.3, 0.4) is 0 Å². The first kappa shape index (κ1) is 10.6. The van der Waals surface area contributed by atoms with E-state index in [-0.39, 0.29) is 12.1 Å². The molecule has 0 aromatic carbocycles. The third-order valence-corrected chi connectivity index (χ3v) is 1.91. The normalized spacial score (nSPS) is 10.6. The summed E-state index contributed by atoms with van der Waals surface area (Å²) in [6, 6.07) is 1.68. The van der Waals surface area contributed by atoms with Gasteiger partial charge in [-0.05, 0) is 26.8 Å². The molecule has 0 amide bonds. The summed E-state index contributed by atoms with van der Waals surface area (Å²) in [5, 5.41) is 0. The summed E-state index contributed by atoms with van der Waals surface area (Å²) in [5.41, 5.74) is 6.20. The van der Waals surface area contributed by atoms with Crippen molar-refractivity contribution < 1.29 is 9.53 Å². The van der Waals surface area contributed by atoms with Crippen molar-refractivity contribution in [1.82, 2.24) is 4.57 Å². The quantitative estimate of drug-likeness (QED) is 0.748. The lowest BCUT2D eigenvalue weighted by molar-refractivity contribution is 0.0379. The number of carbonyl (C=O) groups is 1. The Bertz CT molecular complexity index is 329. The molecule has 1 aromatic rings. The van der Waals surface area contributed by atoms with Crippen LogP contribution in [-0.4, -0.2) is 16.6 Å². The summed E-state index contributed by atoms with van der Waals surface area (Å²) in [7, 11) is 0. The van der Waals surface area contributed by atoms with E-state index in [4.69, 9.17) is 10.5 Å². The second kappa shape index (κ2) is 4.17. The van der Waals surface area contributed by atoms with Gasteiger partial charge in [-0.2, -0.15) is 0 Å². The maximum atomic E-state index is 11.5. The number of carbonyl (C=O) groups excluding carboxylic acids is 1. The molecule has 0 atom stereocenters. The highest BCUT2D eigenvalue weighted by atomic mass is 16.5. The summed E-state index contributed by atoms with van der Waals surface area (Å²) in [6.45, 7) is 6.34. The van der Waals surface area contributed by atoms with E-state index in [1.54, 1.807) is 16.8 Å². The number of anilines is 1. The molecule has 4 heteroatoms. The van der Waals surface area contributed by atoms with Crippen molar-refractivity contribution >= 4 is 11.8 Å². The van der Waals surface area contributed by atoms with Crippen LogP contribution in [0.5, 0.6) is 0 Å². The average Bonchev–Trinajstić information content (AvgIpc) is 2.45. The molecule has 0 saturated carbocycles. The van der Waals surface area contributed by atoms with Crippen molar-refractivity contribution in [1.29, 1.82) is 0 Å². The zero-order chi connectivity index (χ0) is 10.7. The molecule has 0 spiro atoms. The second-order valence-electron chi connectivity index (χ2n) is 3.35. The van der Waals surface area contributed by atoms with Gasteiger partial charge in [-0.3, -0.25) is 0 Å². The Morgan fingerprint density at radius 1 is 1.64 bits per heavy atom. The fourth-order valence-electron chi connectivity index (χ4n) is 1.21. The van der Waals surface area contributed by atoms with Crippen molar-refractivity contribution in [3.05, 3.63) is 17.8 Å². The lowest BCUT2D eigenvalue weighted by Gasteiger charge is -2.07. The van der Waals surface area contributed by atoms with Crippen molar-refractivity contribution in [3.8, 4) is 0 Å². The smallest absolute Gasteiger partial charge is 0.342 e. The van der Waals surface area contributed by atoms with Gasteiger partial charge in [0.15, 0.2) is 0 Å². The molecule has 1 heterocycles. The molecule has 14 heavy (non-hydrogen) atoms. The zero-order valence-corrected chi connectivity index (χ0v) is 8.78. The fraction of sp³-hybridized carbons (Fsp3) is 0.500. The van der Waals surface area contributed by atoms with Crippen molar-refractivity contribution in [3.63, 3.8) is 0 Å². The number of aromatic nitrogens is 1. The molecule has 1 aromatic heterocycles. The van der Waals surface area contributed by atoms with E-state index >= 15 is 0 Å². The summed E-state index contributed by atoms with van der Waals surface area (Å²) >= 11 is 0. The number of hydrogen-bond donors (Lipinski definition) is 1. The third-order valence-electron chi connectivity index (χ3n) is 1.91. The van der Waals surface area contributed by atoms with E-state index in [1.807, 2.05) is 20.8 Å². The standard InChI is InChI=1S/C10H16N2O2/c1-4-12-6-5-8(9(12)11)10(13)14-7(2)3/h5-7H,4,11H2,1-3H3. The minimum absolute atomic E-state index is 0.119. The molecule has 0 saturated heterocycles. The van der Waals surface area contributed by atoms with Crippen LogP contribution < -0.4 is 5.73 Å². The van der Waals surface area contributed by atoms with Crippen LogP contribution in [0, 0.1) is 0 Å². The number of esters is 1. The van der Waals surface area contributed by atoms with Crippen LogP contribution in [0.2, 0.25) is 0 Å². The monoisotopic (exact) mass is 196 g/mol. The van der Waals surface area contributed by atoms with Gasteiger partial charge in [0.2, 0.25) is 0 Å². The van der Waals surface area contributed by atoms with Gasteiger partial charge in [-0.15, -0.1) is 0 Å². The number of nitrogen functional groups attached to an aromatic ring is 1. The number of nitrogens with two attached hydrogens (primary N) is 1. The molecule has 0 bridgehead atoms. The lowest BCUT2D eigenvalue weighted by Crippen LogP contribution is -2.13. The summed E-state index contributed by atoms with van der Waals surface area (Å²) in [4.78, 5) is 11.5. The molecule has 0 radical (unpaired) electrons. The Balaban J connectivity index is 2.85. The lowest BCUT2D eigenvalue weighted by atomic mass is 10.3. The Kier molecular flexibility index (Phi) is 3.17. The van der Waals surface area contributed by atoms with Gasteiger partial charge >= 0.3 is 5.97 Å². The Morgan fingerprint density at radius 3 is 2.71 bits per heavy atom. The number of aryl methyl sites for hydroxylation is 1. The van der Waals surface area contributed by atoms with Crippen molar-refractivity contribution in [2.75, 3.05) is 5.73 Å². The summed E-state index contributed by atoms with van der Waals surface area (Å²) < 4.78 is 6.85. The largest absolute Gasteiger partial charge is 0.459 e. The number of nitrogens with zero attached hydrogens (tertiary/aromatic N) is 1. The Hall–Kier alpha value is -1.45. The van der Waals surface area contributed by atoms with Gasteiger partial charge in [-0.25, -0.2) is 4.79 Å². The third kappa shape index (κ3) is 2.07. The van der Waals surface area contributed by atoms with Gasteiger partial charge in [0.25, 0.3) is 0 Å². The van der Waals surface area contributed by atoms with E-state index < -0.39 is 0 Å². The summed E-state index contributed by atoms with van der Waals surface area (Å²) in [5.74, 6) is 0.114. The first-order chi connectivity index (χ1) is 6.56. The van der Waals surface area contributed by atoms with Crippen LogP contribution in [0.1, 0.15) is 31.1 Å². The number of ether oxygens (including phenoxy) is 1. The van der Waals surface area contributed by atoms with Crippen LogP contribution >= 0.6 is 0 Å². The molecule has 1 rings (SSSR count). The van der Waals surface area contributed by atoms with Crippen LogP contribution in [0.4, 0.5) is 5.82 Å². The maximum Gasteiger partial charge on any atom is 0.342 e. The predicted molar refractivity (Wildman–Crippen MR) is 55.1 cm³/mol. The molecule has 0 fully saturated rings. The first-order valence-electron chi connectivity index (χ1n) is 4.71. The summed E-state index contributed by atoms with van der Waals surface area (Å²) in [6.07, 6.45) is 1.67. The molecular weight excluding hydrogens is 180 g/mol. The van der Waals surface area contributed by atoms with Gasteiger partial charge in [0.1, 0.15) is 11.4 Å². The molecule has 4 nitrogen and oxygen atoms in total. The molecular formula is C10H16N2O2. The van der Waals surface area contributed by atoms with Gasteiger partial charge in [0.05, 0.1) is 6.10 Å². The van der Waals surface area contributed by atoms with E-state index in [1.165, 1.54) is 0 Å². The second-order valence-corrected chi connectivity index (χ2v) is 3.35. The van der Waals surface area contributed by atoms with E-state index in [0.717, 1.165) is 6.54 Å². The predicted octanol–water partition coefficient (Wildman–Crippen LogP) is 1.66. The van der Waals surface area contributed by atoms with Crippen LogP contribution in [-0.2, 0) is 11.3 Å². The minimum atomic E-state index is -0.357. The van der Waals surface area contributed by atoms with E-state index in [9.17, 15) is 4.79 Å². The Labute approximate surface area is 83.7 Å². The van der Waals surface area contributed by atoms with E-state index in [2.05, 4.69) is 0 Å². The molecule has 78 valence electrons. The number of hydrogen-bond acceptors (Lipinski definition) is 3. The molecule has 0 unspecified atom stereocenters. The molecule has 0 aliphatic rings. The molecule has 2 N–H and O–H groups in total. The highest BCUT2D eigenvalue weighted by Crippen LogP contribution is 2.15. The van der Waals surface area contributed by atoms with Crippen LogP contribution in [0.25, 0.3) is 0 Å².